The first kappa shape index (κ1) is 16.4. The second-order valence-electron chi connectivity index (χ2n) is 6.53. The van der Waals surface area contributed by atoms with E-state index in [0.29, 0.717) is 12.4 Å². The molecule has 4 rings (SSSR count). The van der Waals surface area contributed by atoms with E-state index in [1.165, 1.54) is 0 Å². The van der Waals surface area contributed by atoms with Crippen LogP contribution in [-0.2, 0) is 4.79 Å². The van der Waals surface area contributed by atoms with E-state index < -0.39 is 0 Å². The summed E-state index contributed by atoms with van der Waals surface area (Å²) in [7, 11) is 0. The van der Waals surface area contributed by atoms with Gasteiger partial charge in [0.25, 0.3) is 0 Å². The number of pyridine rings is 2. The highest BCUT2D eigenvalue weighted by molar-refractivity contribution is 5.93. The van der Waals surface area contributed by atoms with E-state index in [1.807, 2.05) is 25.1 Å². The monoisotopic (exact) mass is 348 g/mol. The van der Waals surface area contributed by atoms with Crippen molar-refractivity contribution in [3.63, 3.8) is 0 Å². The molecule has 1 atom stereocenters. The third-order valence-electron chi connectivity index (χ3n) is 4.76. The topological polar surface area (TPSA) is 83.9 Å². The van der Waals surface area contributed by atoms with E-state index in [-0.39, 0.29) is 11.8 Å². The number of carbonyl (C=O) groups excluding carboxylic acids is 1. The molecule has 0 saturated carbocycles. The van der Waals surface area contributed by atoms with E-state index in [2.05, 4.69) is 30.2 Å². The van der Waals surface area contributed by atoms with Crippen molar-refractivity contribution in [2.45, 2.75) is 19.8 Å². The van der Waals surface area contributed by atoms with Crippen LogP contribution in [-0.4, -0.2) is 38.9 Å². The first-order chi connectivity index (χ1) is 12.7. The van der Waals surface area contributed by atoms with E-state index in [1.54, 1.807) is 24.9 Å². The number of anilines is 2. The maximum absolute atomic E-state index is 12.7. The molecule has 1 fully saturated rings. The summed E-state index contributed by atoms with van der Waals surface area (Å²) >= 11 is 0. The number of hydrogen-bond acceptors (Lipinski definition) is 6. The Morgan fingerprint density at radius 1 is 1.23 bits per heavy atom. The van der Waals surface area contributed by atoms with Crippen molar-refractivity contribution in [1.82, 2.24) is 19.9 Å². The minimum absolute atomic E-state index is 0.0107. The first-order valence-electron chi connectivity index (χ1n) is 8.74. The molecule has 0 spiro atoms. The predicted octanol–water partition coefficient (Wildman–Crippen LogP) is 2.58. The lowest BCUT2D eigenvalue weighted by Gasteiger charge is -2.33. The fraction of sp³-hybridized carbons (Fsp3) is 0.316. The Morgan fingerprint density at radius 2 is 2.15 bits per heavy atom. The van der Waals surface area contributed by atoms with Gasteiger partial charge >= 0.3 is 0 Å². The second-order valence-corrected chi connectivity index (χ2v) is 6.53. The van der Waals surface area contributed by atoms with Crippen molar-refractivity contribution < 1.29 is 4.79 Å². The summed E-state index contributed by atoms with van der Waals surface area (Å²) in [6.07, 6.45) is 8.53. The molecule has 1 saturated heterocycles. The molecule has 1 aliphatic rings. The van der Waals surface area contributed by atoms with Crippen LogP contribution in [0.15, 0.2) is 43.1 Å². The Balaban J connectivity index is 1.54. The van der Waals surface area contributed by atoms with Gasteiger partial charge in [0.15, 0.2) is 0 Å². The summed E-state index contributed by atoms with van der Waals surface area (Å²) in [4.78, 5) is 32.0. The number of nitrogens with one attached hydrogen (secondary N) is 1. The molecule has 1 unspecified atom stereocenters. The normalized spacial score (nSPS) is 17.3. The van der Waals surface area contributed by atoms with Gasteiger partial charge in [-0.1, -0.05) is 6.07 Å². The number of aromatic nitrogens is 4. The molecule has 26 heavy (non-hydrogen) atoms. The molecule has 132 valence electrons. The number of rotatable bonds is 3. The molecule has 0 radical (unpaired) electrons. The van der Waals surface area contributed by atoms with Crippen LogP contribution in [0.4, 0.5) is 11.6 Å². The number of amides is 1. The Labute approximate surface area is 151 Å². The number of carbonyl (C=O) groups is 1. The Kier molecular flexibility index (Phi) is 4.43. The van der Waals surface area contributed by atoms with Crippen molar-refractivity contribution in [3.8, 4) is 0 Å². The standard InChI is InChI=1S/C19H20N6O/c1-13-4-2-7-21-17(13)24-19(26)14-5-3-9-25(11-14)18-15-6-8-20-10-16(15)22-12-23-18/h2,4,6-8,10,12,14H,3,5,9,11H2,1H3,(H,21,24,26). The van der Waals surface area contributed by atoms with Gasteiger partial charge in [-0.3, -0.25) is 9.78 Å². The summed E-state index contributed by atoms with van der Waals surface area (Å²) in [6.45, 7) is 3.45. The van der Waals surface area contributed by atoms with E-state index in [9.17, 15) is 4.79 Å². The van der Waals surface area contributed by atoms with Gasteiger partial charge in [-0.05, 0) is 37.5 Å². The maximum Gasteiger partial charge on any atom is 0.230 e. The Morgan fingerprint density at radius 3 is 3.04 bits per heavy atom. The zero-order chi connectivity index (χ0) is 17.9. The molecule has 1 aliphatic heterocycles. The highest BCUT2D eigenvalue weighted by Crippen LogP contribution is 2.27. The van der Waals surface area contributed by atoms with Crippen LogP contribution in [0.3, 0.4) is 0 Å². The fourth-order valence-electron chi connectivity index (χ4n) is 3.36. The van der Waals surface area contributed by atoms with Crippen LogP contribution in [0.2, 0.25) is 0 Å². The summed E-state index contributed by atoms with van der Waals surface area (Å²) < 4.78 is 0. The number of nitrogens with zero attached hydrogens (tertiary/aromatic N) is 5. The molecule has 0 bridgehead atoms. The summed E-state index contributed by atoms with van der Waals surface area (Å²) in [6, 6.07) is 5.73. The van der Waals surface area contributed by atoms with Gasteiger partial charge in [0.05, 0.1) is 17.6 Å². The zero-order valence-corrected chi connectivity index (χ0v) is 14.6. The first-order valence-corrected chi connectivity index (χ1v) is 8.74. The van der Waals surface area contributed by atoms with Crippen molar-refractivity contribution in [3.05, 3.63) is 48.7 Å². The largest absolute Gasteiger partial charge is 0.355 e. The minimum Gasteiger partial charge on any atom is -0.355 e. The van der Waals surface area contributed by atoms with Crippen molar-refractivity contribution in [2.75, 3.05) is 23.3 Å². The average Bonchev–Trinajstić information content (AvgIpc) is 2.69. The number of aryl methyl sites for hydroxylation is 1. The van der Waals surface area contributed by atoms with E-state index in [4.69, 9.17) is 0 Å². The molecule has 3 aromatic rings. The van der Waals surface area contributed by atoms with Gasteiger partial charge in [-0.15, -0.1) is 0 Å². The van der Waals surface area contributed by atoms with Crippen LogP contribution in [0, 0.1) is 12.8 Å². The molecule has 7 nitrogen and oxygen atoms in total. The van der Waals surface area contributed by atoms with Crippen LogP contribution in [0.25, 0.3) is 10.9 Å². The molecule has 4 heterocycles. The lowest BCUT2D eigenvalue weighted by atomic mass is 9.96. The fourth-order valence-corrected chi connectivity index (χ4v) is 3.36. The molecule has 1 N–H and O–H groups in total. The van der Waals surface area contributed by atoms with E-state index in [0.717, 1.165) is 41.7 Å². The maximum atomic E-state index is 12.7. The van der Waals surface area contributed by atoms with Crippen LogP contribution in [0.5, 0.6) is 0 Å². The minimum atomic E-state index is -0.1000. The summed E-state index contributed by atoms with van der Waals surface area (Å²) in [5.74, 6) is 1.41. The van der Waals surface area contributed by atoms with Crippen LogP contribution in [0.1, 0.15) is 18.4 Å². The summed E-state index contributed by atoms with van der Waals surface area (Å²) in [5, 5.41) is 3.93. The third kappa shape index (κ3) is 3.20. The highest BCUT2D eigenvalue weighted by Gasteiger charge is 2.28. The molecule has 7 heteroatoms. The zero-order valence-electron chi connectivity index (χ0n) is 14.6. The number of piperidine rings is 1. The van der Waals surface area contributed by atoms with Crippen LogP contribution < -0.4 is 10.2 Å². The Hall–Kier alpha value is -3.09. The van der Waals surface area contributed by atoms with Gasteiger partial charge in [0.2, 0.25) is 5.91 Å². The van der Waals surface area contributed by atoms with Gasteiger partial charge in [-0.25, -0.2) is 15.0 Å². The lowest BCUT2D eigenvalue weighted by Crippen LogP contribution is -2.41. The third-order valence-corrected chi connectivity index (χ3v) is 4.76. The van der Waals surface area contributed by atoms with Crippen molar-refractivity contribution >= 4 is 28.4 Å². The quantitative estimate of drug-likeness (QED) is 0.783. The molecule has 0 aromatic carbocycles. The van der Waals surface area contributed by atoms with Gasteiger partial charge in [-0.2, -0.15) is 0 Å². The van der Waals surface area contributed by atoms with Gasteiger partial charge < -0.3 is 10.2 Å². The summed E-state index contributed by atoms with van der Waals surface area (Å²) in [5.41, 5.74) is 1.77. The number of hydrogen-bond donors (Lipinski definition) is 1. The SMILES string of the molecule is Cc1cccnc1NC(=O)C1CCCN(c2ncnc3cnccc23)C1. The lowest BCUT2D eigenvalue weighted by molar-refractivity contribution is -0.120. The van der Waals surface area contributed by atoms with Gasteiger partial charge in [0, 0.05) is 30.9 Å². The number of fused-ring (bicyclic) bond motifs is 1. The second kappa shape index (κ2) is 7.03. The average molecular weight is 348 g/mol. The molecular formula is C19H20N6O. The molecule has 1 amide bonds. The predicted molar refractivity (Wildman–Crippen MR) is 99.9 cm³/mol. The van der Waals surface area contributed by atoms with E-state index >= 15 is 0 Å². The highest BCUT2D eigenvalue weighted by atomic mass is 16.2. The molecule has 3 aromatic heterocycles. The van der Waals surface area contributed by atoms with Crippen molar-refractivity contribution in [1.29, 1.82) is 0 Å². The Bertz CT molecular complexity index is 939. The smallest absolute Gasteiger partial charge is 0.230 e. The van der Waals surface area contributed by atoms with Crippen molar-refractivity contribution in [2.24, 2.45) is 5.92 Å². The molecular weight excluding hydrogens is 328 g/mol. The van der Waals surface area contributed by atoms with Gasteiger partial charge in [0.1, 0.15) is 18.0 Å². The van der Waals surface area contributed by atoms with Crippen LogP contribution >= 0.6 is 0 Å². The molecule has 0 aliphatic carbocycles.